The van der Waals surface area contributed by atoms with Crippen LogP contribution in [0, 0.1) is 20.8 Å². The molecule has 0 amide bonds. The van der Waals surface area contributed by atoms with E-state index in [2.05, 4.69) is 18.1 Å². The summed E-state index contributed by atoms with van der Waals surface area (Å²) >= 11 is 0. The second-order valence-electron chi connectivity index (χ2n) is 8.17. The number of benzene rings is 1. The lowest BCUT2D eigenvalue weighted by atomic mass is 9.94. The first-order valence-electron chi connectivity index (χ1n) is 10.2. The summed E-state index contributed by atoms with van der Waals surface area (Å²) in [5, 5.41) is 16.4. The maximum Gasteiger partial charge on any atom is 0.179 e. The Bertz CT molecular complexity index is 1140. The number of carbonyl (C=O) groups excluding carboxylic acids is 2. The van der Waals surface area contributed by atoms with Crippen molar-refractivity contribution >= 4 is 22.5 Å². The van der Waals surface area contributed by atoms with Crippen molar-refractivity contribution in [3.63, 3.8) is 0 Å². The standard InChI is InChI=1S/C23H27N3O3/c1-13-8-9-20-19(10-13)18-6-5-7-21(29)23(18)25(20)11-17(28)12-26-15(3)22(16(4)27)14(2)24-26/h8-10,17,28H,5-7,11-12H2,1-4H3/t17-/m0/s1. The van der Waals surface area contributed by atoms with Crippen molar-refractivity contribution in [3.8, 4) is 0 Å². The fourth-order valence-electron chi connectivity index (χ4n) is 4.70. The van der Waals surface area contributed by atoms with Crippen LogP contribution in [0.4, 0.5) is 0 Å². The monoisotopic (exact) mass is 393 g/mol. The number of hydrogen-bond donors (Lipinski definition) is 1. The molecule has 4 rings (SSSR count). The van der Waals surface area contributed by atoms with Gasteiger partial charge in [0, 0.05) is 23.0 Å². The van der Waals surface area contributed by atoms with Crippen LogP contribution in [-0.4, -0.2) is 37.1 Å². The minimum Gasteiger partial charge on any atom is -0.389 e. The van der Waals surface area contributed by atoms with E-state index in [-0.39, 0.29) is 18.1 Å². The van der Waals surface area contributed by atoms with Crippen molar-refractivity contribution in [2.24, 2.45) is 0 Å². The minimum absolute atomic E-state index is 0.0211. The normalized spacial score (nSPS) is 15.0. The molecule has 1 aliphatic carbocycles. The van der Waals surface area contributed by atoms with E-state index >= 15 is 0 Å². The average Bonchev–Trinajstić information content (AvgIpc) is 3.10. The predicted molar refractivity (Wildman–Crippen MR) is 112 cm³/mol. The van der Waals surface area contributed by atoms with Gasteiger partial charge >= 0.3 is 0 Å². The summed E-state index contributed by atoms with van der Waals surface area (Å²) in [6.45, 7) is 7.83. The Hall–Kier alpha value is -2.73. The highest BCUT2D eigenvalue weighted by Crippen LogP contribution is 2.33. The van der Waals surface area contributed by atoms with Gasteiger partial charge in [-0.3, -0.25) is 14.3 Å². The van der Waals surface area contributed by atoms with Crippen molar-refractivity contribution in [1.82, 2.24) is 14.3 Å². The average molecular weight is 393 g/mol. The van der Waals surface area contributed by atoms with E-state index in [9.17, 15) is 14.7 Å². The van der Waals surface area contributed by atoms with E-state index < -0.39 is 6.10 Å². The van der Waals surface area contributed by atoms with E-state index in [4.69, 9.17) is 0 Å². The maximum absolute atomic E-state index is 12.7. The lowest BCUT2D eigenvalue weighted by Gasteiger charge is -2.18. The third-order valence-corrected chi connectivity index (χ3v) is 5.93. The van der Waals surface area contributed by atoms with Crippen molar-refractivity contribution in [3.05, 3.63) is 52.0 Å². The minimum atomic E-state index is -0.733. The topological polar surface area (TPSA) is 77.1 Å². The van der Waals surface area contributed by atoms with E-state index in [1.54, 1.807) is 4.68 Å². The number of aryl methyl sites for hydroxylation is 3. The highest BCUT2D eigenvalue weighted by Gasteiger charge is 2.27. The molecule has 0 radical (unpaired) electrons. The summed E-state index contributed by atoms with van der Waals surface area (Å²) < 4.78 is 3.68. The number of aliphatic hydroxyl groups excluding tert-OH is 1. The first-order valence-corrected chi connectivity index (χ1v) is 10.2. The van der Waals surface area contributed by atoms with E-state index in [1.807, 2.05) is 30.5 Å². The number of aromatic nitrogens is 3. The summed E-state index contributed by atoms with van der Waals surface area (Å²) in [4.78, 5) is 24.6. The molecule has 0 bridgehead atoms. The van der Waals surface area contributed by atoms with Crippen LogP contribution in [0.3, 0.4) is 0 Å². The number of ketones is 2. The molecule has 2 aromatic heterocycles. The molecule has 0 spiro atoms. The number of Topliss-reactive ketones (excluding diaryl/α,β-unsaturated/α-hetero) is 2. The number of fused-ring (bicyclic) bond motifs is 3. The molecule has 2 heterocycles. The summed E-state index contributed by atoms with van der Waals surface area (Å²) in [6.07, 6.45) is 1.59. The Morgan fingerprint density at radius 1 is 1.21 bits per heavy atom. The molecule has 29 heavy (non-hydrogen) atoms. The summed E-state index contributed by atoms with van der Waals surface area (Å²) in [5.74, 6) is 0.129. The molecule has 0 saturated carbocycles. The lowest BCUT2D eigenvalue weighted by molar-refractivity contribution is 0.0950. The molecule has 0 unspecified atom stereocenters. The number of aliphatic hydroxyl groups is 1. The zero-order valence-electron chi connectivity index (χ0n) is 17.5. The molecule has 6 heteroatoms. The van der Waals surface area contributed by atoms with Crippen LogP contribution in [-0.2, 0) is 19.5 Å². The highest BCUT2D eigenvalue weighted by atomic mass is 16.3. The molecule has 1 aliphatic rings. The van der Waals surface area contributed by atoms with Gasteiger partial charge in [0.05, 0.1) is 36.1 Å². The Balaban J connectivity index is 1.70. The van der Waals surface area contributed by atoms with Gasteiger partial charge in [-0.05, 0) is 58.2 Å². The molecule has 1 N–H and O–H groups in total. The van der Waals surface area contributed by atoms with Crippen molar-refractivity contribution < 1.29 is 14.7 Å². The Morgan fingerprint density at radius 2 is 1.97 bits per heavy atom. The fourth-order valence-corrected chi connectivity index (χ4v) is 4.70. The van der Waals surface area contributed by atoms with Gasteiger partial charge in [-0.1, -0.05) is 11.6 Å². The van der Waals surface area contributed by atoms with Crippen LogP contribution in [0.1, 0.15) is 63.1 Å². The molecule has 0 aliphatic heterocycles. The van der Waals surface area contributed by atoms with Crippen LogP contribution >= 0.6 is 0 Å². The number of carbonyl (C=O) groups is 2. The lowest BCUT2D eigenvalue weighted by Crippen LogP contribution is -2.26. The van der Waals surface area contributed by atoms with E-state index in [0.29, 0.717) is 24.2 Å². The number of hydrogen-bond acceptors (Lipinski definition) is 4. The summed E-state index contributed by atoms with van der Waals surface area (Å²) in [6, 6.07) is 6.22. The molecule has 3 aromatic rings. The van der Waals surface area contributed by atoms with Crippen LogP contribution < -0.4 is 0 Å². The van der Waals surface area contributed by atoms with E-state index in [1.165, 1.54) is 6.92 Å². The Kier molecular flexibility index (Phi) is 4.90. The molecule has 1 aromatic carbocycles. The van der Waals surface area contributed by atoms with Crippen molar-refractivity contribution in [1.29, 1.82) is 0 Å². The largest absolute Gasteiger partial charge is 0.389 e. The van der Waals surface area contributed by atoms with Crippen molar-refractivity contribution in [2.45, 2.75) is 66.2 Å². The van der Waals surface area contributed by atoms with Gasteiger partial charge in [0.2, 0.25) is 0 Å². The first kappa shape index (κ1) is 19.6. The summed E-state index contributed by atoms with van der Waals surface area (Å²) in [7, 11) is 0. The molecular formula is C23H27N3O3. The molecule has 6 nitrogen and oxygen atoms in total. The van der Waals surface area contributed by atoms with Gasteiger partial charge in [-0.15, -0.1) is 0 Å². The second kappa shape index (κ2) is 7.26. The van der Waals surface area contributed by atoms with Gasteiger partial charge in [-0.25, -0.2) is 0 Å². The zero-order valence-corrected chi connectivity index (χ0v) is 17.5. The number of nitrogens with zero attached hydrogens (tertiary/aromatic N) is 3. The molecular weight excluding hydrogens is 366 g/mol. The van der Waals surface area contributed by atoms with Crippen LogP contribution in [0.5, 0.6) is 0 Å². The predicted octanol–water partition coefficient (Wildman–Crippen LogP) is 3.55. The zero-order chi connectivity index (χ0) is 20.9. The van der Waals surface area contributed by atoms with Crippen molar-refractivity contribution in [2.75, 3.05) is 0 Å². The van der Waals surface area contributed by atoms with Gasteiger partial charge in [0.15, 0.2) is 11.6 Å². The Labute approximate surface area is 170 Å². The van der Waals surface area contributed by atoms with Gasteiger partial charge in [0.25, 0.3) is 0 Å². The van der Waals surface area contributed by atoms with Crippen LogP contribution in [0.15, 0.2) is 18.2 Å². The second-order valence-corrected chi connectivity index (χ2v) is 8.17. The van der Waals surface area contributed by atoms with Gasteiger partial charge < -0.3 is 9.67 Å². The van der Waals surface area contributed by atoms with Crippen LogP contribution in [0.25, 0.3) is 10.9 Å². The molecule has 152 valence electrons. The highest BCUT2D eigenvalue weighted by molar-refractivity contribution is 6.04. The Morgan fingerprint density at radius 3 is 2.66 bits per heavy atom. The SMILES string of the molecule is CC(=O)c1c(C)nn(C[C@@H](O)Cn2c3c(c4cc(C)ccc42)CCCC3=O)c1C. The summed E-state index contributed by atoms with van der Waals surface area (Å²) in [5.41, 5.74) is 6.07. The molecule has 0 saturated heterocycles. The fraction of sp³-hybridized carbons (Fsp3) is 0.435. The number of rotatable bonds is 5. The van der Waals surface area contributed by atoms with E-state index in [0.717, 1.165) is 46.3 Å². The third-order valence-electron chi connectivity index (χ3n) is 5.93. The van der Waals surface area contributed by atoms with Gasteiger partial charge in [0.1, 0.15) is 0 Å². The maximum atomic E-state index is 12.7. The third kappa shape index (κ3) is 3.31. The van der Waals surface area contributed by atoms with Gasteiger partial charge in [-0.2, -0.15) is 5.10 Å². The van der Waals surface area contributed by atoms with Crippen LogP contribution in [0.2, 0.25) is 0 Å². The smallest absolute Gasteiger partial charge is 0.179 e. The molecule has 0 fully saturated rings. The first-order chi connectivity index (χ1) is 13.8. The quantitative estimate of drug-likeness (QED) is 0.673. The molecule has 1 atom stereocenters.